The van der Waals surface area contributed by atoms with E-state index in [0.717, 1.165) is 25.7 Å². The minimum absolute atomic E-state index is 0.197. The van der Waals surface area contributed by atoms with Gasteiger partial charge in [-0.15, -0.1) is 0 Å². The smallest absolute Gasteiger partial charge is 0.200 e. The van der Waals surface area contributed by atoms with Crippen molar-refractivity contribution in [3.05, 3.63) is 35.5 Å². The van der Waals surface area contributed by atoms with Gasteiger partial charge in [-0.3, -0.25) is 0 Å². The van der Waals surface area contributed by atoms with Crippen molar-refractivity contribution in [3.63, 3.8) is 0 Å². The van der Waals surface area contributed by atoms with E-state index in [1.807, 2.05) is 0 Å². The van der Waals surface area contributed by atoms with Crippen molar-refractivity contribution in [2.24, 2.45) is 5.92 Å². The Labute approximate surface area is 109 Å². The van der Waals surface area contributed by atoms with Gasteiger partial charge in [-0.2, -0.15) is 10.0 Å². The topological polar surface area (TPSA) is 52.5 Å². The van der Waals surface area contributed by atoms with Crippen molar-refractivity contribution < 1.29 is 10.0 Å². The fourth-order valence-electron chi connectivity index (χ4n) is 1.80. The number of unbranched alkanes of at least 4 members (excludes halogenated alkanes) is 1. The lowest BCUT2D eigenvalue weighted by molar-refractivity contribution is -0.296. The quantitative estimate of drug-likeness (QED) is 0.562. The maximum absolute atomic E-state index is 11.9. The van der Waals surface area contributed by atoms with Crippen LogP contribution in [0.25, 0.3) is 0 Å². The van der Waals surface area contributed by atoms with Crippen molar-refractivity contribution >= 4 is 5.69 Å². The van der Waals surface area contributed by atoms with E-state index >= 15 is 0 Å². The normalized spacial score (nSPS) is 16.2. The third-order valence-electron chi connectivity index (χ3n) is 3.11. The van der Waals surface area contributed by atoms with Gasteiger partial charge in [0, 0.05) is 12.1 Å². The molecule has 0 aromatic heterocycles. The minimum atomic E-state index is -1.75. The van der Waals surface area contributed by atoms with Crippen LogP contribution in [0.15, 0.2) is 30.3 Å². The van der Waals surface area contributed by atoms with E-state index in [9.17, 15) is 10.4 Å². The molecule has 0 spiro atoms. The summed E-state index contributed by atoms with van der Waals surface area (Å²) in [5.74, 6) is 0.326. The number of quaternary nitrogens is 1. The van der Waals surface area contributed by atoms with E-state index in [0.29, 0.717) is 5.92 Å². The van der Waals surface area contributed by atoms with Crippen molar-refractivity contribution in [2.45, 2.75) is 39.5 Å². The summed E-state index contributed by atoms with van der Waals surface area (Å²) in [5.41, 5.74) is 0.197. The first-order chi connectivity index (χ1) is 8.60. The van der Waals surface area contributed by atoms with Gasteiger partial charge in [-0.25, -0.2) is 0 Å². The molecule has 0 aliphatic carbocycles. The molecule has 0 heterocycles. The summed E-state index contributed by atoms with van der Waals surface area (Å²) in [6.07, 6.45) is 4.24. The number of nitrogens with zero attached hydrogens (tertiary/aromatic N) is 1. The number of hydrogen-bond acceptors (Lipinski definition) is 3. The number of hydrogen-bond donors (Lipinski definition) is 1. The minimum Gasteiger partial charge on any atom is -0.559 e. The second-order valence-electron chi connectivity index (χ2n) is 4.57. The summed E-state index contributed by atoms with van der Waals surface area (Å²) in [6.45, 7) is 4.49. The Morgan fingerprint density at radius 1 is 1.28 bits per heavy atom. The third-order valence-corrected chi connectivity index (χ3v) is 3.11. The summed E-state index contributed by atoms with van der Waals surface area (Å²) in [5, 5.41) is 21.6. The Balaban J connectivity index is 2.50. The zero-order chi connectivity index (χ0) is 13.4. The number of rotatable bonds is 8. The van der Waals surface area contributed by atoms with Crippen LogP contribution in [0.4, 0.5) is 5.69 Å². The average molecular weight is 253 g/mol. The molecule has 1 rings (SSSR count). The van der Waals surface area contributed by atoms with Gasteiger partial charge in [-0.1, -0.05) is 51.3 Å². The van der Waals surface area contributed by atoms with E-state index in [1.165, 1.54) is 0 Å². The molecule has 0 saturated heterocycles. The van der Waals surface area contributed by atoms with Crippen LogP contribution in [0.1, 0.15) is 39.5 Å². The van der Waals surface area contributed by atoms with Gasteiger partial charge in [0.1, 0.15) is 6.61 Å². The van der Waals surface area contributed by atoms with Gasteiger partial charge < -0.3 is 5.21 Å². The van der Waals surface area contributed by atoms with E-state index in [2.05, 4.69) is 13.8 Å². The highest BCUT2D eigenvalue weighted by Gasteiger charge is 2.21. The van der Waals surface area contributed by atoms with E-state index in [-0.39, 0.29) is 12.3 Å². The predicted molar refractivity (Wildman–Crippen MR) is 72.6 cm³/mol. The molecule has 0 bridgehead atoms. The van der Waals surface area contributed by atoms with Gasteiger partial charge in [0.2, 0.25) is 0 Å². The van der Waals surface area contributed by atoms with Crippen molar-refractivity contribution in [1.29, 1.82) is 0 Å². The van der Waals surface area contributed by atoms with Crippen LogP contribution in [0.2, 0.25) is 0 Å². The second-order valence-corrected chi connectivity index (χ2v) is 4.57. The summed E-state index contributed by atoms with van der Waals surface area (Å²) in [7, 11) is 0. The van der Waals surface area contributed by atoms with Crippen LogP contribution in [-0.4, -0.2) is 11.8 Å². The van der Waals surface area contributed by atoms with E-state index in [1.54, 1.807) is 30.3 Å². The molecule has 1 N–H and O–H groups in total. The largest absolute Gasteiger partial charge is 0.559 e. The first-order valence-corrected chi connectivity index (χ1v) is 6.63. The Hall–Kier alpha value is -0.940. The second kappa shape index (κ2) is 7.48. The predicted octanol–water partition coefficient (Wildman–Crippen LogP) is 4.03. The van der Waals surface area contributed by atoms with Crippen LogP contribution in [0.3, 0.4) is 0 Å². The molecule has 1 aromatic carbocycles. The lowest BCUT2D eigenvalue weighted by Gasteiger charge is -2.30. The Bertz CT molecular complexity index is 327. The first kappa shape index (κ1) is 15.1. The summed E-state index contributed by atoms with van der Waals surface area (Å²) >= 11 is 0. The van der Waals surface area contributed by atoms with Gasteiger partial charge in [0.15, 0.2) is 5.69 Å². The molecule has 18 heavy (non-hydrogen) atoms. The summed E-state index contributed by atoms with van der Waals surface area (Å²) in [4.78, 5) is 3.36. The van der Waals surface area contributed by atoms with Crippen LogP contribution in [-0.2, 0) is 4.84 Å². The molecule has 0 fully saturated rings. The molecule has 2 unspecified atom stereocenters. The molecule has 1 aromatic rings. The fourth-order valence-corrected chi connectivity index (χ4v) is 1.80. The van der Waals surface area contributed by atoms with Crippen LogP contribution in [0, 0.1) is 11.1 Å². The molecule has 102 valence electrons. The monoisotopic (exact) mass is 253 g/mol. The highest BCUT2D eigenvalue weighted by Crippen LogP contribution is 2.21. The Morgan fingerprint density at radius 3 is 2.50 bits per heavy atom. The van der Waals surface area contributed by atoms with Crippen LogP contribution >= 0.6 is 0 Å². The highest BCUT2D eigenvalue weighted by molar-refractivity contribution is 5.38. The molecule has 0 amide bonds. The molecule has 0 radical (unpaired) electrons. The number of para-hydroxylation sites is 1. The van der Waals surface area contributed by atoms with Crippen molar-refractivity contribution in [1.82, 2.24) is 4.97 Å². The lowest BCUT2D eigenvalue weighted by Crippen LogP contribution is -2.40. The Kier molecular flexibility index (Phi) is 6.29. The van der Waals surface area contributed by atoms with Gasteiger partial charge in [-0.05, 0) is 17.3 Å². The molecular formula is C14H23NO3. The van der Waals surface area contributed by atoms with Crippen LogP contribution < -0.4 is 4.97 Å². The fraction of sp³-hybridized carbons (Fsp3) is 0.571. The molecule has 0 saturated carbocycles. The zero-order valence-electron chi connectivity index (χ0n) is 11.2. The summed E-state index contributed by atoms with van der Waals surface area (Å²) in [6, 6.07) is 8.31. The van der Waals surface area contributed by atoms with Gasteiger partial charge in [0.05, 0.1) is 0 Å². The molecule has 4 nitrogen and oxygen atoms in total. The molecule has 2 atom stereocenters. The van der Waals surface area contributed by atoms with Gasteiger partial charge >= 0.3 is 0 Å². The van der Waals surface area contributed by atoms with Crippen molar-refractivity contribution in [2.75, 3.05) is 6.61 Å². The standard InChI is InChI=1S/C14H23NO3/c1-3-5-9-13(4-2)12-18-15(16,17)14-10-7-6-8-11-14/h6-8,10-11,13,16H,3-5,9,12H2,1-2H3. The molecule has 4 heteroatoms. The van der Waals surface area contributed by atoms with Crippen molar-refractivity contribution in [3.8, 4) is 0 Å². The zero-order valence-corrected chi connectivity index (χ0v) is 11.2. The molecule has 0 aliphatic rings. The lowest BCUT2D eigenvalue weighted by atomic mass is 10.0. The van der Waals surface area contributed by atoms with Gasteiger partial charge in [0.25, 0.3) is 0 Å². The highest BCUT2D eigenvalue weighted by atomic mass is 17.1. The number of benzene rings is 1. The summed E-state index contributed by atoms with van der Waals surface area (Å²) < 4.78 is 0. The molecular weight excluding hydrogens is 230 g/mol. The average Bonchev–Trinajstić information content (AvgIpc) is 2.40. The first-order valence-electron chi connectivity index (χ1n) is 6.63. The molecule has 0 aliphatic heterocycles. The van der Waals surface area contributed by atoms with E-state index < -0.39 is 4.97 Å². The maximum Gasteiger partial charge on any atom is 0.200 e. The third kappa shape index (κ3) is 4.74. The van der Waals surface area contributed by atoms with Crippen LogP contribution in [0.5, 0.6) is 0 Å². The SMILES string of the molecule is CCCCC(CC)CO[N+]([O-])(O)c1ccccc1. The van der Waals surface area contributed by atoms with E-state index in [4.69, 9.17) is 4.84 Å². The Morgan fingerprint density at radius 2 is 1.94 bits per heavy atom. The maximum atomic E-state index is 11.9.